The molecule has 0 spiro atoms. The van der Waals surface area contributed by atoms with Crippen molar-refractivity contribution in [3.8, 4) is 0 Å². The lowest BCUT2D eigenvalue weighted by Gasteiger charge is -2.31. The molecular formula is C15H20N4O4. The molecule has 0 aliphatic carbocycles. The number of likely N-dealkylation sites (tertiary alicyclic amines) is 1. The van der Waals surface area contributed by atoms with Crippen LogP contribution in [0.25, 0.3) is 0 Å². The number of carbonyl (C=O) groups excluding carboxylic acids is 2. The van der Waals surface area contributed by atoms with Crippen molar-refractivity contribution in [3.63, 3.8) is 0 Å². The Morgan fingerprint density at radius 2 is 1.74 bits per heavy atom. The van der Waals surface area contributed by atoms with Crippen molar-refractivity contribution in [1.82, 2.24) is 20.2 Å². The predicted octanol–water partition coefficient (Wildman–Crippen LogP) is 0.552. The van der Waals surface area contributed by atoms with Gasteiger partial charge in [-0.15, -0.1) is 0 Å². The molecule has 1 aromatic rings. The summed E-state index contributed by atoms with van der Waals surface area (Å²) in [6.07, 6.45) is 3.63. The Morgan fingerprint density at radius 1 is 1.17 bits per heavy atom. The minimum Gasteiger partial charge on any atom is -0.476 e. The molecule has 2 amide bonds. The van der Waals surface area contributed by atoms with Gasteiger partial charge >= 0.3 is 5.97 Å². The van der Waals surface area contributed by atoms with Gasteiger partial charge < -0.3 is 15.3 Å². The van der Waals surface area contributed by atoms with Gasteiger partial charge in [-0.2, -0.15) is 0 Å². The van der Waals surface area contributed by atoms with Crippen molar-refractivity contribution in [3.05, 3.63) is 23.8 Å². The van der Waals surface area contributed by atoms with Crippen molar-refractivity contribution >= 4 is 17.8 Å². The normalized spacial score (nSPS) is 15.5. The Morgan fingerprint density at radius 3 is 2.26 bits per heavy atom. The van der Waals surface area contributed by atoms with E-state index in [1.54, 1.807) is 0 Å². The van der Waals surface area contributed by atoms with Gasteiger partial charge in [-0.05, 0) is 26.7 Å². The van der Waals surface area contributed by atoms with Crippen LogP contribution in [0.2, 0.25) is 0 Å². The minimum atomic E-state index is -1.28. The first-order valence-corrected chi connectivity index (χ1v) is 7.54. The van der Waals surface area contributed by atoms with E-state index in [4.69, 9.17) is 5.11 Å². The predicted molar refractivity (Wildman–Crippen MR) is 80.9 cm³/mol. The minimum absolute atomic E-state index is 0.00201. The highest BCUT2D eigenvalue weighted by atomic mass is 16.4. The van der Waals surface area contributed by atoms with Gasteiger partial charge in [-0.3, -0.25) is 9.59 Å². The summed E-state index contributed by atoms with van der Waals surface area (Å²) in [5.41, 5.74) is -0.512. The molecule has 0 unspecified atom stereocenters. The number of carboxylic acid groups (broad SMARTS) is 1. The first kappa shape index (κ1) is 16.9. The van der Waals surface area contributed by atoms with Crippen LogP contribution in [0, 0.1) is 5.92 Å². The summed E-state index contributed by atoms with van der Waals surface area (Å²) in [5.74, 6) is -1.87. The number of carbonyl (C=O) groups is 3. The number of piperidine rings is 1. The molecule has 0 saturated carbocycles. The van der Waals surface area contributed by atoms with Gasteiger partial charge in [0.2, 0.25) is 5.91 Å². The molecule has 1 aromatic heterocycles. The van der Waals surface area contributed by atoms with E-state index in [9.17, 15) is 14.4 Å². The first-order valence-electron chi connectivity index (χ1n) is 7.54. The molecule has 1 aliphatic heterocycles. The smallest absolute Gasteiger partial charge is 0.356 e. The van der Waals surface area contributed by atoms with Gasteiger partial charge in [0.1, 0.15) is 0 Å². The third-order valence-electron chi connectivity index (χ3n) is 3.69. The molecule has 23 heavy (non-hydrogen) atoms. The van der Waals surface area contributed by atoms with E-state index in [1.165, 1.54) is 17.3 Å². The van der Waals surface area contributed by atoms with Crippen molar-refractivity contribution in [1.29, 1.82) is 0 Å². The highest BCUT2D eigenvalue weighted by molar-refractivity contribution is 6.02. The third kappa shape index (κ3) is 4.02. The van der Waals surface area contributed by atoms with Gasteiger partial charge in [0, 0.05) is 37.4 Å². The highest BCUT2D eigenvalue weighted by Crippen LogP contribution is 2.19. The first-order chi connectivity index (χ1) is 10.9. The molecule has 1 aliphatic rings. The number of hydrogen-bond donors (Lipinski definition) is 2. The van der Waals surface area contributed by atoms with E-state index in [0.29, 0.717) is 25.9 Å². The molecule has 1 saturated heterocycles. The van der Waals surface area contributed by atoms with Crippen LogP contribution in [-0.2, 0) is 4.79 Å². The summed E-state index contributed by atoms with van der Waals surface area (Å²) in [4.78, 5) is 44.6. The molecule has 1 fully saturated rings. The molecule has 0 atom stereocenters. The lowest BCUT2D eigenvalue weighted by molar-refractivity contribution is -0.126. The lowest BCUT2D eigenvalue weighted by atomic mass is 9.95. The molecule has 8 heteroatoms. The summed E-state index contributed by atoms with van der Waals surface area (Å²) in [6, 6.07) is 0.0832. The summed E-state index contributed by atoms with van der Waals surface area (Å²) in [5, 5.41) is 12.0. The Labute approximate surface area is 133 Å². The van der Waals surface area contributed by atoms with Crippen molar-refractivity contribution in [2.45, 2.75) is 32.7 Å². The molecule has 0 radical (unpaired) electrons. The summed E-state index contributed by atoms with van der Waals surface area (Å²) >= 11 is 0. The van der Waals surface area contributed by atoms with Crippen molar-refractivity contribution in [2.75, 3.05) is 13.1 Å². The Hall–Kier alpha value is -2.51. The monoisotopic (exact) mass is 320 g/mol. The molecule has 124 valence electrons. The van der Waals surface area contributed by atoms with Crippen molar-refractivity contribution in [2.24, 2.45) is 5.92 Å². The Balaban J connectivity index is 2.02. The molecule has 8 nitrogen and oxygen atoms in total. The van der Waals surface area contributed by atoms with E-state index in [0.717, 1.165) is 0 Å². The zero-order valence-electron chi connectivity index (χ0n) is 13.2. The van der Waals surface area contributed by atoms with Crippen LogP contribution in [-0.4, -0.2) is 56.9 Å². The molecule has 0 bridgehead atoms. The van der Waals surface area contributed by atoms with Gasteiger partial charge in [0.25, 0.3) is 5.91 Å². The number of aromatic carboxylic acids is 1. The summed E-state index contributed by atoms with van der Waals surface area (Å²) < 4.78 is 0. The maximum atomic E-state index is 12.4. The van der Waals surface area contributed by atoms with Crippen LogP contribution in [0.4, 0.5) is 0 Å². The second-order valence-corrected chi connectivity index (χ2v) is 5.79. The average molecular weight is 320 g/mol. The fourth-order valence-electron chi connectivity index (χ4n) is 2.55. The fraction of sp³-hybridized carbons (Fsp3) is 0.533. The number of carboxylic acids is 1. The maximum absolute atomic E-state index is 12.4. The van der Waals surface area contributed by atoms with E-state index in [-0.39, 0.29) is 29.3 Å². The van der Waals surface area contributed by atoms with Crippen molar-refractivity contribution < 1.29 is 19.5 Å². The number of nitrogens with zero attached hydrogens (tertiary/aromatic N) is 3. The molecule has 0 aromatic carbocycles. The number of nitrogens with one attached hydrogen (secondary N) is 1. The van der Waals surface area contributed by atoms with E-state index in [2.05, 4.69) is 15.3 Å². The van der Waals surface area contributed by atoms with Crippen LogP contribution < -0.4 is 5.32 Å². The topological polar surface area (TPSA) is 112 Å². The zero-order valence-corrected chi connectivity index (χ0v) is 13.2. The lowest BCUT2D eigenvalue weighted by Crippen LogP contribution is -2.44. The van der Waals surface area contributed by atoms with E-state index in [1.807, 2.05) is 13.8 Å². The zero-order chi connectivity index (χ0) is 17.0. The fourth-order valence-corrected chi connectivity index (χ4v) is 2.55. The SMILES string of the molecule is CC(C)NC(=O)C1CCN(C(=O)c2nccnc2C(=O)O)CC1. The van der Waals surface area contributed by atoms with Gasteiger partial charge in [-0.25, -0.2) is 14.8 Å². The molecule has 2 rings (SSSR count). The van der Waals surface area contributed by atoms with Gasteiger partial charge in [0.05, 0.1) is 0 Å². The summed E-state index contributed by atoms with van der Waals surface area (Å²) in [7, 11) is 0. The molecular weight excluding hydrogens is 300 g/mol. The maximum Gasteiger partial charge on any atom is 0.356 e. The molecule has 2 heterocycles. The second kappa shape index (κ2) is 7.17. The van der Waals surface area contributed by atoms with E-state index < -0.39 is 11.9 Å². The molecule has 2 N–H and O–H groups in total. The number of aromatic nitrogens is 2. The van der Waals surface area contributed by atoms with Crippen LogP contribution >= 0.6 is 0 Å². The Kier molecular flexibility index (Phi) is 5.25. The largest absolute Gasteiger partial charge is 0.476 e. The third-order valence-corrected chi connectivity index (χ3v) is 3.69. The van der Waals surface area contributed by atoms with Gasteiger partial charge in [0.15, 0.2) is 11.4 Å². The average Bonchev–Trinajstić information content (AvgIpc) is 2.53. The standard InChI is InChI=1S/C15H20N4O4/c1-9(2)18-13(20)10-3-7-19(8-4-10)14(21)11-12(15(22)23)17-6-5-16-11/h5-6,9-10H,3-4,7-8H2,1-2H3,(H,18,20)(H,22,23). The second-order valence-electron chi connectivity index (χ2n) is 5.79. The van der Waals surface area contributed by atoms with Crippen LogP contribution in [0.15, 0.2) is 12.4 Å². The number of hydrogen-bond acceptors (Lipinski definition) is 5. The van der Waals surface area contributed by atoms with Crippen LogP contribution in [0.5, 0.6) is 0 Å². The summed E-state index contributed by atoms with van der Waals surface area (Å²) in [6.45, 7) is 4.59. The van der Waals surface area contributed by atoms with Crippen LogP contribution in [0.1, 0.15) is 47.7 Å². The van der Waals surface area contributed by atoms with Crippen LogP contribution in [0.3, 0.4) is 0 Å². The number of rotatable bonds is 4. The van der Waals surface area contributed by atoms with E-state index >= 15 is 0 Å². The van der Waals surface area contributed by atoms with Gasteiger partial charge in [-0.1, -0.05) is 0 Å². The quantitative estimate of drug-likeness (QED) is 0.838. The Bertz CT molecular complexity index is 609. The number of amides is 2. The highest BCUT2D eigenvalue weighted by Gasteiger charge is 2.30.